The van der Waals surface area contributed by atoms with Crippen LogP contribution in [0.15, 0.2) is 36.1 Å². The zero-order valence-electron chi connectivity index (χ0n) is 9.95. The molecule has 0 saturated heterocycles. The maximum atomic E-state index is 13.7. The molecule has 0 spiro atoms. The van der Waals surface area contributed by atoms with Crippen LogP contribution in [0.25, 0.3) is 4.96 Å². The quantitative estimate of drug-likeness (QED) is 0.562. The Labute approximate surface area is 112 Å². The number of thiazole rings is 1. The number of hydrogen-bond donors (Lipinski definition) is 2. The van der Waals surface area contributed by atoms with Crippen molar-refractivity contribution in [2.24, 2.45) is 5.84 Å². The Hall–Kier alpha value is -1.83. The molecular formula is C12H12FN5S. The van der Waals surface area contributed by atoms with Crippen LogP contribution in [0.1, 0.15) is 17.4 Å². The SMILES string of the molecule is NNC(Cc1cn2ccsc2n1)c1ncccc1F. The Morgan fingerprint density at radius 3 is 3.16 bits per heavy atom. The van der Waals surface area contributed by atoms with Crippen LogP contribution in [-0.4, -0.2) is 14.4 Å². The zero-order valence-corrected chi connectivity index (χ0v) is 10.8. The fourth-order valence-corrected chi connectivity index (χ4v) is 2.69. The van der Waals surface area contributed by atoms with E-state index in [2.05, 4.69) is 15.4 Å². The van der Waals surface area contributed by atoms with Gasteiger partial charge in [0.15, 0.2) is 4.96 Å². The molecule has 1 unspecified atom stereocenters. The summed E-state index contributed by atoms with van der Waals surface area (Å²) in [5.41, 5.74) is 3.75. The van der Waals surface area contributed by atoms with Crippen LogP contribution < -0.4 is 11.3 Å². The van der Waals surface area contributed by atoms with Crippen LogP contribution >= 0.6 is 11.3 Å². The number of nitrogens with two attached hydrogens (primary N) is 1. The number of fused-ring (bicyclic) bond motifs is 1. The lowest BCUT2D eigenvalue weighted by molar-refractivity contribution is 0.492. The number of hydrogen-bond acceptors (Lipinski definition) is 5. The molecule has 0 aliphatic carbocycles. The molecule has 98 valence electrons. The standard InChI is InChI=1S/C12H12FN5S/c13-9-2-1-3-15-11(9)10(17-14)6-8-7-18-4-5-19-12(18)16-8/h1-5,7,10,17H,6,14H2. The highest BCUT2D eigenvalue weighted by Gasteiger charge is 2.17. The van der Waals surface area contributed by atoms with Crippen molar-refractivity contribution in [2.45, 2.75) is 12.5 Å². The smallest absolute Gasteiger partial charge is 0.193 e. The molecule has 19 heavy (non-hydrogen) atoms. The van der Waals surface area contributed by atoms with E-state index in [0.717, 1.165) is 10.7 Å². The fourth-order valence-electron chi connectivity index (χ4n) is 1.97. The van der Waals surface area contributed by atoms with Gasteiger partial charge >= 0.3 is 0 Å². The Morgan fingerprint density at radius 1 is 1.53 bits per heavy atom. The Morgan fingerprint density at radius 2 is 2.42 bits per heavy atom. The van der Waals surface area contributed by atoms with Gasteiger partial charge in [-0.15, -0.1) is 11.3 Å². The van der Waals surface area contributed by atoms with Gasteiger partial charge in [0.1, 0.15) is 5.82 Å². The Bertz CT molecular complexity index is 664. The summed E-state index contributed by atoms with van der Waals surface area (Å²) in [4.78, 5) is 9.40. The molecule has 3 heterocycles. The van der Waals surface area contributed by atoms with E-state index in [1.165, 1.54) is 6.07 Å². The van der Waals surface area contributed by atoms with E-state index in [1.54, 1.807) is 23.6 Å². The minimum atomic E-state index is -0.397. The van der Waals surface area contributed by atoms with Gasteiger partial charge in [-0.1, -0.05) is 0 Å². The molecular weight excluding hydrogens is 265 g/mol. The number of rotatable bonds is 4. The molecule has 0 saturated carbocycles. The van der Waals surface area contributed by atoms with Crippen molar-refractivity contribution in [3.63, 3.8) is 0 Å². The average molecular weight is 277 g/mol. The van der Waals surface area contributed by atoms with Crippen molar-refractivity contribution in [3.8, 4) is 0 Å². The van der Waals surface area contributed by atoms with E-state index in [4.69, 9.17) is 5.84 Å². The molecule has 0 bridgehead atoms. The highest BCUT2D eigenvalue weighted by atomic mass is 32.1. The largest absolute Gasteiger partial charge is 0.297 e. The lowest BCUT2D eigenvalue weighted by atomic mass is 10.1. The van der Waals surface area contributed by atoms with E-state index < -0.39 is 6.04 Å². The predicted molar refractivity (Wildman–Crippen MR) is 71.0 cm³/mol. The highest BCUT2D eigenvalue weighted by Crippen LogP contribution is 2.19. The molecule has 0 aliphatic rings. The molecule has 0 radical (unpaired) electrons. The van der Waals surface area contributed by atoms with Gasteiger partial charge in [-0.25, -0.2) is 9.37 Å². The van der Waals surface area contributed by atoms with E-state index in [1.807, 2.05) is 22.2 Å². The number of hydrazine groups is 1. The predicted octanol–water partition coefficient (Wildman–Crippen LogP) is 1.68. The third-order valence-corrected chi connectivity index (χ3v) is 3.65. The van der Waals surface area contributed by atoms with Crippen LogP contribution in [0.5, 0.6) is 0 Å². The number of nitrogens with one attached hydrogen (secondary N) is 1. The monoisotopic (exact) mass is 277 g/mol. The second-order valence-electron chi connectivity index (χ2n) is 4.12. The minimum Gasteiger partial charge on any atom is -0.297 e. The molecule has 3 aromatic rings. The fraction of sp³-hybridized carbons (Fsp3) is 0.167. The van der Waals surface area contributed by atoms with E-state index in [9.17, 15) is 4.39 Å². The summed E-state index contributed by atoms with van der Waals surface area (Å²) in [5.74, 6) is 5.13. The molecule has 0 aromatic carbocycles. The Balaban J connectivity index is 1.87. The van der Waals surface area contributed by atoms with Crippen molar-refractivity contribution < 1.29 is 4.39 Å². The number of nitrogens with zero attached hydrogens (tertiary/aromatic N) is 3. The summed E-state index contributed by atoms with van der Waals surface area (Å²) in [5, 5.41) is 1.96. The van der Waals surface area contributed by atoms with Crippen molar-refractivity contribution in [1.82, 2.24) is 19.8 Å². The van der Waals surface area contributed by atoms with E-state index in [0.29, 0.717) is 12.1 Å². The molecule has 7 heteroatoms. The molecule has 1 atom stereocenters. The summed E-state index contributed by atoms with van der Waals surface area (Å²) in [6.07, 6.45) is 5.88. The van der Waals surface area contributed by atoms with Crippen LogP contribution in [0, 0.1) is 5.82 Å². The Kier molecular flexibility index (Phi) is 3.24. The molecule has 3 aromatic heterocycles. The third kappa shape index (κ3) is 2.35. The van der Waals surface area contributed by atoms with Gasteiger partial charge < -0.3 is 0 Å². The first-order valence-electron chi connectivity index (χ1n) is 5.75. The van der Waals surface area contributed by atoms with Crippen LogP contribution in [0.4, 0.5) is 4.39 Å². The van der Waals surface area contributed by atoms with Crippen molar-refractivity contribution in [2.75, 3.05) is 0 Å². The summed E-state index contributed by atoms with van der Waals surface area (Å²) in [7, 11) is 0. The number of imidazole rings is 1. The lowest BCUT2D eigenvalue weighted by Gasteiger charge is -2.14. The molecule has 0 fully saturated rings. The van der Waals surface area contributed by atoms with Gasteiger partial charge in [-0.2, -0.15) is 0 Å². The first kappa shape index (κ1) is 12.2. The van der Waals surface area contributed by atoms with Crippen LogP contribution in [-0.2, 0) is 6.42 Å². The lowest BCUT2D eigenvalue weighted by Crippen LogP contribution is -2.31. The number of aromatic nitrogens is 3. The average Bonchev–Trinajstić information content (AvgIpc) is 2.97. The van der Waals surface area contributed by atoms with E-state index in [-0.39, 0.29) is 5.82 Å². The highest BCUT2D eigenvalue weighted by molar-refractivity contribution is 7.15. The normalized spacial score (nSPS) is 12.9. The van der Waals surface area contributed by atoms with Gasteiger partial charge in [0.25, 0.3) is 0 Å². The summed E-state index contributed by atoms with van der Waals surface area (Å²) in [6, 6.07) is 2.53. The maximum absolute atomic E-state index is 13.7. The van der Waals surface area contributed by atoms with Gasteiger partial charge in [0.05, 0.1) is 17.4 Å². The summed E-state index contributed by atoms with van der Waals surface area (Å²) < 4.78 is 15.6. The van der Waals surface area contributed by atoms with Crippen molar-refractivity contribution >= 4 is 16.3 Å². The first-order chi connectivity index (χ1) is 9.28. The number of pyridine rings is 1. The second kappa shape index (κ2) is 5.04. The molecule has 3 rings (SSSR count). The van der Waals surface area contributed by atoms with Gasteiger partial charge in [-0.3, -0.25) is 20.7 Å². The molecule has 0 amide bonds. The summed E-state index contributed by atoms with van der Waals surface area (Å²) >= 11 is 1.55. The van der Waals surface area contributed by atoms with Gasteiger partial charge in [0.2, 0.25) is 0 Å². The maximum Gasteiger partial charge on any atom is 0.193 e. The molecule has 5 nitrogen and oxygen atoms in total. The van der Waals surface area contributed by atoms with Crippen molar-refractivity contribution in [1.29, 1.82) is 0 Å². The van der Waals surface area contributed by atoms with Crippen LogP contribution in [0.2, 0.25) is 0 Å². The number of halogens is 1. The van der Waals surface area contributed by atoms with E-state index >= 15 is 0 Å². The topological polar surface area (TPSA) is 68.2 Å². The summed E-state index contributed by atoms with van der Waals surface area (Å²) in [6.45, 7) is 0. The van der Waals surface area contributed by atoms with Gasteiger partial charge in [-0.05, 0) is 12.1 Å². The van der Waals surface area contributed by atoms with Crippen LogP contribution in [0.3, 0.4) is 0 Å². The molecule has 0 aliphatic heterocycles. The minimum absolute atomic E-state index is 0.307. The van der Waals surface area contributed by atoms with Gasteiger partial charge in [0, 0.05) is 30.4 Å². The zero-order chi connectivity index (χ0) is 13.2. The second-order valence-corrected chi connectivity index (χ2v) is 4.99. The first-order valence-corrected chi connectivity index (χ1v) is 6.63. The van der Waals surface area contributed by atoms with Crippen molar-refractivity contribution in [3.05, 3.63) is 53.3 Å². The third-order valence-electron chi connectivity index (χ3n) is 2.87. The molecule has 3 N–H and O–H groups in total.